The highest BCUT2D eigenvalue weighted by atomic mass is 16.5. The number of hydrogen-bond donors (Lipinski definition) is 1. The highest BCUT2D eigenvalue weighted by Gasteiger charge is 2.13. The lowest BCUT2D eigenvalue weighted by molar-refractivity contribution is 0.0946. The zero-order valence-electron chi connectivity index (χ0n) is 15.8. The summed E-state index contributed by atoms with van der Waals surface area (Å²) in [5, 5.41) is 6.84. The zero-order valence-corrected chi connectivity index (χ0v) is 15.8. The van der Waals surface area contributed by atoms with Gasteiger partial charge in [-0.15, -0.1) is 0 Å². The molecule has 2 aromatic carbocycles. The molecule has 0 bridgehead atoms. The van der Waals surface area contributed by atoms with E-state index in [0.717, 1.165) is 18.7 Å². The van der Waals surface area contributed by atoms with Crippen LogP contribution < -0.4 is 10.2 Å². The molecule has 0 unspecified atom stereocenters. The molecule has 0 spiro atoms. The molecular formula is C22H24N4O2. The highest BCUT2D eigenvalue weighted by Crippen LogP contribution is 2.23. The smallest absolute Gasteiger partial charge is 0.251 e. The molecule has 0 saturated carbocycles. The Morgan fingerprint density at radius 3 is 2.39 bits per heavy atom. The Kier molecular flexibility index (Phi) is 5.66. The van der Waals surface area contributed by atoms with E-state index in [9.17, 15) is 4.79 Å². The quantitative estimate of drug-likeness (QED) is 0.727. The Morgan fingerprint density at radius 1 is 0.964 bits per heavy atom. The van der Waals surface area contributed by atoms with Gasteiger partial charge in [-0.25, -0.2) is 0 Å². The first-order valence-electron chi connectivity index (χ1n) is 9.81. The van der Waals surface area contributed by atoms with Crippen LogP contribution in [0.1, 0.15) is 41.9 Å². The zero-order chi connectivity index (χ0) is 19.2. The van der Waals surface area contributed by atoms with Gasteiger partial charge in [0.05, 0.1) is 6.54 Å². The Bertz CT molecular complexity index is 898. The monoisotopic (exact) mass is 376 g/mol. The molecule has 1 aliphatic heterocycles. The van der Waals surface area contributed by atoms with Gasteiger partial charge >= 0.3 is 0 Å². The van der Waals surface area contributed by atoms with E-state index >= 15 is 0 Å². The van der Waals surface area contributed by atoms with Crippen LogP contribution in [0.25, 0.3) is 11.4 Å². The summed E-state index contributed by atoms with van der Waals surface area (Å²) in [6.07, 6.45) is 5.15. The van der Waals surface area contributed by atoms with Gasteiger partial charge in [-0.3, -0.25) is 4.79 Å². The predicted octanol–water partition coefficient (Wildman–Crippen LogP) is 4.05. The van der Waals surface area contributed by atoms with Crippen molar-refractivity contribution in [3.8, 4) is 11.4 Å². The van der Waals surface area contributed by atoms with Crippen molar-refractivity contribution < 1.29 is 9.32 Å². The van der Waals surface area contributed by atoms with Gasteiger partial charge in [0.15, 0.2) is 0 Å². The number of nitrogens with zero attached hydrogens (tertiary/aromatic N) is 3. The van der Waals surface area contributed by atoms with Gasteiger partial charge in [-0.05, 0) is 49.2 Å². The first kappa shape index (κ1) is 18.2. The van der Waals surface area contributed by atoms with Crippen molar-refractivity contribution in [3.05, 3.63) is 66.1 Å². The summed E-state index contributed by atoms with van der Waals surface area (Å²) >= 11 is 0. The van der Waals surface area contributed by atoms with Crippen molar-refractivity contribution >= 4 is 11.6 Å². The summed E-state index contributed by atoms with van der Waals surface area (Å²) < 4.78 is 5.28. The van der Waals surface area contributed by atoms with Crippen LogP contribution in [0, 0.1) is 0 Å². The molecule has 1 saturated heterocycles. The van der Waals surface area contributed by atoms with Crippen LogP contribution in [0.5, 0.6) is 0 Å². The lowest BCUT2D eigenvalue weighted by Gasteiger charge is -2.22. The van der Waals surface area contributed by atoms with E-state index in [1.807, 2.05) is 30.3 Å². The number of rotatable bonds is 5. The third kappa shape index (κ3) is 4.39. The summed E-state index contributed by atoms with van der Waals surface area (Å²) in [7, 11) is 0. The molecule has 0 aliphatic carbocycles. The van der Waals surface area contributed by atoms with Gasteiger partial charge in [0.25, 0.3) is 5.91 Å². The van der Waals surface area contributed by atoms with E-state index in [-0.39, 0.29) is 12.5 Å². The maximum Gasteiger partial charge on any atom is 0.251 e. The van der Waals surface area contributed by atoms with Crippen LogP contribution in [0.3, 0.4) is 0 Å². The van der Waals surface area contributed by atoms with Gasteiger partial charge in [0.1, 0.15) is 0 Å². The number of benzene rings is 2. The van der Waals surface area contributed by atoms with Gasteiger partial charge in [-0.2, -0.15) is 4.98 Å². The van der Waals surface area contributed by atoms with E-state index in [1.54, 1.807) is 12.1 Å². The summed E-state index contributed by atoms with van der Waals surface area (Å²) in [5.41, 5.74) is 2.75. The normalized spacial score (nSPS) is 14.5. The number of nitrogens with one attached hydrogen (secondary N) is 1. The van der Waals surface area contributed by atoms with Gasteiger partial charge < -0.3 is 14.7 Å². The SMILES string of the molecule is O=C(NCc1nc(-c2ccc(N3CCCCCC3)cc2)no1)c1ccccc1. The molecule has 3 aromatic rings. The van der Waals surface area contributed by atoms with E-state index in [4.69, 9.17) is 4.52 Å². The maximum absolute atomic E-state index is 12.1. The second kappa shape index (κ2) is 8.69. The lowest BCUT2D eigenvalue weighted by atomic mass is 10.2. The van der Waals surface area contributed by atoms with Crippen LogP contribution in [-0.2, 0) is 6.54 Å². The highest BCUT2D eigenvalue weighted by molar-refractivity contribution is 5.93. The number of aromatic nitrogens is 2. The van der Waals surface area contributed by atoms with Crippen molar-refractivity contribution in [3.63, 3.8) is 0 Å². The molecule has 28 heavy (non-hydrogen) atoms. The molecule has 1 fully saturated rings. The molecule has 0 radical (unpaired) electrons. The number of amides is 1. The molecule has 1 aliphatic rings. The molecule has 4 rings (SSSR count). The molecule has 0 atom stereocenters. The largest absolute Gasteiger partial charge is 0.372 e. The molecule has 1 amide bonds. The van der Waals surface area contributed by atoms with E-state index < -0.39 is 0 Å². The topological polar surface area (TPSA) is 71.3 Å². The van der Waals surface area contributed by atoms with Crippen LogP contribution in [0.2, 0.25) is 0 Å². The number of anilines is 1. The van der Waals surface area contributed by atoms with Crippen molar-refractivity contribution in [2.75, 3.05) is 18.0 Å². The first-order valence-corrected chi connectivity index (χ1v) is 9.81. The first-order chi connectivity index (χ1) is 13.8. The lowest BCUT2D eigenvalue weighted by Crippen LogP contribution is -2.23. The fraction of sp³-hybridized carbons (Fsp3) is 0.318. The van der Waals surface area contributed by atoms with Gasteiger partial charge in [-0.1, -0.05) is 36.2 Å². The van der Waals surface area contributed by atoms with Crippen molar-refractivity contribution in [2.45, 2.75) is 32.2 Å². The Balaban J connectivity index is 1.37. The fourth-order valence-corrected chi connectivity index (χ4v) is 3.44. The Morgan fingerprint density at radius 2 is 1.68 bits per heavy atom. The predicted molar refractivity (Wildman–Crippen MR) is 108 cm³/mol. The van der Waals surface area contributed by atoms with E-state index in [0.29, 0.717) is 17.3 Å². The fourth-order valence-electron chi connectivity index (χ4n) is 3.44. The van der Waals surface area contributed by atoms with Crippen LogP contribution in [0.15, 0.2) is 59.1 Å². The Hall–Kier alpha value is -3.15. The number of carbonyl (C=O) groups excluding carboxylic acids is 1. The van der Waals surface area contributed by atoms with E-state index in [1.165, 1.54) is 31.4 Å². The van der Waals surface area contributed by atoms with Crippen molar-refractivity contribution in [1.82, 2.24) is 15.5 Å². The number of hydrogen-bond acceptors (Lipinski definition) is 5. The molecule has 144 valence electrons. The molecule has 6 nitrogen and oxygen atoms in total. The minimum absolute atomic E-state index is 0.165. The summed E-state index contributed by atoms with van der Waals surface area (Å²) in [6.45, 7) is 2.44. The minimum atomic E-state index is -0.165. The standard InChI is InChI=1S/C22H24N4O2/c27-22(18-8-4-3-5-9-18)23-16-20-24-21(25-28-20)17-10-12-19(13-11-17)26-14-6-1-2-7-15-26/h3-5,8-13H,1-2,6-7,14-16H2,(H,23,27). The maximum atomic E-state index is 12.1. The van der Waals surface area contributed by atoms with Crippen LogP contribution in [-0.4, -0.2) is 29.1 Å². The molecule has 1 aromatic heterocycles. The summed E-state index contributed by atoms with van der Waals surface area (Å²) in [4.78, 5) is 18.9. The molecule has 2 heterocycles. The third-order valence-electron chi connectivity index (χ3n) is 5.00. The summed E-state index contributed by atoms with van der Waals surface area (Å²) in [5.74, 6) is 0.754. The second-order valence-corrected chi connectivity index (χ2v) is 7.01. The average molecular weight is 376 g/mol. The molecule has 6 heteroatoms. The Labute approximate surface area is 164 Å². The van der Waals surface area contributed by atoms with Crippen LogP contribution in [0.4, 0.5) is 5.69 Å². The van der Waals surface area contributed by atoms with Crippen molar-refractivity contribution in [2.24, 2.45) is 0 Å². The van der Waals surface area contributed by atoms with Crippen LogP contribution >= 0.6 is 0 Å². The van der Waals surface area contributed by atoms with Crippen molar-refractivity contribution in [1.29, 1.82) is 0 Å². The number of carbonyl (C=O) groups is 1. The average Bonchev–Trinajstić information content (AvgIpc) is 3.06. The third-order valence-corrected chi connectivity index (χ3v) is 5.00. The minimum Gasteiger partial charge on any atom is -0.372 e. The summed E-state index contributed by atoms with van der Waals surface area (Å²) in [6, 6.07) is 17.3. The van der Waals surface area contributed by atoms with Gasteiger partial charge in [0, 0.05) is 29.9 Å². The molecule has 1 N–H and O–H groups in total. The van der Waals surface area contributed by atoms with Gasteiger partial charge in [0.2, 0.25) is 11.7 Å². The van der Waals surface area contributed by atoms with E-state index in [2.05, 4.69) is 32.5 Å². The second-order valence-electron chi connectivity index (χ2n) is 7.01. The molecular weight excluding hydrogens is 352 g/mol.